The summed E-state index contributed by atoms with van der Waals surface area (Å²) in [5.41, 5.74) is 2.81. The number of hydrogen-bond acceptors (Lipinski definition) is 3. The third-order valence-electron chi connectivity index (χ3n) is 6.12. The van der Waals surface area contributed by atoms with E-state index in [9.17, 15) is 9.59 Å². The Kier molecular flexibility index (Phi) is 5.65. The predicted octanol–water partition coefficient (Wildman–Crippen LogP) is 3.45. The SMILES string of the molecule is CCNC(=O)[C@]1(Cc2cccc(-c3ccncc3)c2)CCCN(C(=O)C2CC2)C1. The van der Waals surface area contributed by atoms with E-state index in [1.54, 1.807) is 12.4 Å². The van der Waals surface area contributed by atoms with E-state index in [1.165, 1.54) is 0 Å². The van der Waals surface area contributed by atoms with Crippen molar-refractivity contribution >= 4 is 11.8 Å². The number of carbonyl (C=O) groups is 2. The molecule has 0 bridgehead atoms. The van der Waals surface area contributed by atoms with Crippen LogP contribution in [0.25, 0.3) is 11.1 Å². The topological polar surface area (TPSA) is 62.3 Å². The number of aromatic nitrogens is 1. The third kappa shape index (κ3) is 4.34. The van der Waals surface area contributed by atoms with Crippen molar-refractivity contribution in [3.05, 3.63) is 54.4 Å². The lowest BCUT2D eigenvalue weighted by Crippen LogP contribution is -2.54. The molecule has 1 aromatic carbocycles. The molecule has 1 aliphatic carbocycles. The number of likely N-dealkylation sites (tertiary alicyclic amines) is 1. The first-order chi connectivity index (χ1) is 14.1. The van der Waals surface area contributed by atoms with E-state index in [4.69, 9.17) is 0 Å². The number of piperidine rings is 1. The average Bonchev–Trinajstić information content (AvgIpc) is 3.60. The van der Waals surface area contributed by atoms with E-state index in [0.717, 1.165) is 48.9 Å². The molecule has 1 saturated carbocycles. The summed E-state index contributed by atoms with van der Waals surface area (Å²) < 4.78 is 0. The van der Waals surface area contributed by atoms with Gasteiger partial charge in [0.2, 0.25) is 11.8 Å². The summed E-state index contributed by atoms with van der Waals surface area (Å²) in [5.74, 6) is 0.501. The second kappa shape index (κ2) is 8.36. The summed E-state index contributed by atoms with van der Waals surface area (Å²) in [6.07, 6.45) is 7.91. The zero-order valence-corrected chi connectivity index (χ0v) is 17.1. The summed E-state index contributed by atoms with van der Waals surface area (Å²) >= 11 is 0. The maximum Gasteiger partial charge on any atom is 0.228 e. The van der Waals surface area contributed by atoms with Gasteiger partial charge in [0, 0.05) is 37.9 Å². The molecule has 2 heterocycles. The maximum absolute atomic E-state index is 13.2. The van der Waals surface area contributed by atoms with Crippen LogP contribution in [0.3, 0.4) is 0 Å². The van der Waals surface area contributed by atoms with Crippen LogP contribution in [0.1, 0.15) is 38.2 Å². The van der Waals surface area contributed by atoms with Gasteiger partial charge in [-0.3, -0.25) is 14.6 Å². The largest absolute Gasteiger partial charge is 0.356 e. The van der Waals surface area contributed by atoms with E-state index in [2.05, 4.69) is 28.5 Å². The number of benzene rings is 1. The highest BCUT2D eigenvalue weighted by molar-refractivity contribution is 5.86. The Balaban J connectivity index is 1.61. The van der Waals surface area contributed by atoms with Gasteiger partial charge in [0.05, 0.1) is 5.41 Å². The standard InChI is InChI=1S/C24H29N3O2/c1-2-26-23(29)24(11-4-14-27(17-24)22(28)20-7-8-20)16-18-5-3-6-21(15-18)19-9-12-25-13-10-19/h3,5-6,9-10,12-13,15,20H,2,4,7-8,11,14,16-17H2,1H3,(H,26,29)/t24-/m0/s1. The smallest absolute Gasteiger partial charge is 0.228 e. The molecule has 1 saturated heterocycles. The van der Waals surface area contributed by atoms with E-state index < -0.39 is 5.41 Å². The number of amides is 2. The van der Waals surface area contributed by atoms with Crippen LogP contribution in [0.4, 0.5) is 0 Å². The van der Waals surface area contributed by atoms with Crippen LogP contribution in [0.5, 0.6) is 0 Å². The number of rotatable bonds is 6. The lowest BCUT2D eigenvalue weighted by atomic mass is 9.74. The molecule has 0 spiro atoms. The van der Waals surface area contributed by atoms with Gasteiger partial charge in [-0.15, -0.1) is 0 Å². The zero-order valence-electron chi connectivity index (χ0n) is 17.1. The summed E-state index contributed by atoms with van der Waals surface area (Å²) in [6, 6.07) is 12.4. The van der Waals surface area contributed by atoms with Crippen molar-refractivity contribution in [2.75, 3.05) is 19.6 Å². The molecule has 2 aliphatic rings. The normalized spacial score (nSPS) is 21.6. The highest BCUT2D eigenvalue weighted by Gasteiger charge is 2.45. The van der Waals surface area contributed by atoms with E-state index >= 15 is 0 Å². The molecule has 1 aliphatic heterocycles. The van der Waals surface area contributed by atoms with Gasteiger partial charge < -0.3 is 10.2 Å². The Bertz CT molecular complexity index is 879. The summed E-state index contributed by atoms with van der Waals surface area (Å²) in [5, 5.41) is 3.04. The van der Waals surface area contributed by atoms with Gasteiger partial charge in [-0.25, -0.2) is 0 Å². The molecule has 5 nitrogen and oxygen atoms in total. The van der Waals surface area contributed by atoms with Crippen LogP contribution < -0.4 is 5.32 Å². The van der Waals surface area contributed by atoms with Gasteiger partial charge in [-0.2, -0.15) is 0 Å². The summed E-state index contributed by atoms with van der Waals surface area (Å²) in [4.78, 5) is 31.9. The fraction of sp³-hybridized carbons (Fsp3) is 0.458. The highest BCUT2D eigenvalue weighted by atomic mass is 16.2. The Labute approximate surface area is 172 Å². The highest BCUT2D eigenvalue weighted by Crippen LogP contribution is 2.38. The van der Waals surface area contributed by atoms with Crippen molar-refractivity contribution in [3.63, 3.8) is 0 Å². The second-order valence-corrected chi connectivity index (χ2v) is 8.39. The van der Waals surface area contributed by atoms with Gasteiger partial charge >= 0.3 is 0 Å². The van der Waals surface area contributed by atoms with Crippen LogP contribution >= 0.6 is 0 Å². The Morgan fingerprint density at radius 3 is 2.69 bits per heavy atom. The van der Waals surface area contributed by atoms with Crippen molar-refractivity contribution in [1.29, 1.82) is 0 Å². The number of nitrogens with zero attached hydrogens (tertiary/aromatic N) is 2. The molecule has 4 rings (SSSR count). The predicted molar refractivity (Wildman–Crippen MR) is 113 cm³/mol. The summed E-state index contributed by atoms with van der Waals surface area (Å²) in [6.45, 7) is 3.85. The number of hydrogen-bond donors (Lipinski definition) is 1. The van der Waals surface area contributed by atoms with Crippen molar-refractivity contribution in [2.24, 2.45) is 11.3 Å². The minimum absolute atomic E-state index is 0.0719. The second-order valence-electron chi connectivity index (χ2n) is 8.39. The van der Waals surface area contributed by atoms with E-state index in [0.29, 0.717) is 19.5 Å². The fourth-order valence-electron chi connectivity index (χ4n) is 4.46. The molecule has 1 atom stereocenters. The van der Waals surface area contributed by atoms with Gasteiger partial charge in [0.25, 0.3) is 0 Å². The van der Waals surface area contributed by atoms with Crippen LogP contribution in [0, 0.1) is 11.3 Å². The Morgan fingerprint density at radius 1 is 1.17 bits per heavy atom. The van der Waals surface area contributed by atoms with Gasteiger partial charge in [-0.1, -0.05) is 24.3 Å². The quantitative estimate of drug-likeness (QED) is 0.820. The zero-order chi connectivity index (χ0) is 20.3. The lowest BCUT2D eigenvalue weighted by Gasteiger charge is -2.42. The number of pyridine rings is 1. The van der Waals surface area contributed by atoms with Crippen LogP contribution in [-0.4, -0.2) is 41.3 Å². The molecule has 5 heteroatoms. The Hall–Kier alpha value is -2.69. The van der Waals surface area contributed by atoms with E-state index in [1.807, 2.05) is 30.0 Å². The van der Waals surface area contributed by atoms with Crippen LogP contribution in [0.15, 0.2) is 48.8 Å². The lowest BCUT2D eigenvalue weighted by molar-refractivity contribution is -0.142. The monoisotopic (exact) mass is 391 g/mol. The van der Waals surface area contributed by atoms with Crippen molar-refractivity contribution < 1.29 is 9.59 Å². The van der Waals surface area contributed by atoms with Gasteiger partial charge in [-0.05, 0) is 67.9 Å². The Morgan fingerprint density at radius 2 is 1.97 bits per heavy atom. The fourth-order valence-corrected chi connectivity index (χ4v) is 4.46. The first kappa shape index (κ1) is 19.6. The minimum Gasteiger partial charge on any atom is -0.356 e. The third-order valence-corrected chi connectivity index (χ3v) is 6.12. The molecule has 0 radical (unpaired) electrons. The molecule has 0 unspecified atom stereocenters. The van der Waals surface area contributed by atoms with E-state index in [-0.39, 0.29) is 17.7 Å². The molecule has 2 amide bonds. The number of carbonyl (C=O) groups excluding carboxylic acids is 2. The first-order valence-electron chi connectivity index (χ1n) is 10.7. The van der Waals surface area contributed by atoms with Crippen molar-refractivity contribution in [3.8, 4) is 11.1 Å². The molecule has 1 N–H and O–H groups in total. The molecular formula is C24H29N3O2. The summed E-state index contributed by atoms with van der Waals surface area (Å²) in [7, 11) is 0. The van der Waals surface area contributed by atoms with Crippen molar-refractivity contribution in [1.82, 2.24) is 15.2 Å². The molecule has 2 aromatic rings. The molecule has 152 valence electrons. The molecule has 2 fully saturated rings. The molecule has 1 aromatic heterocycles. The first-order valence-corrected chi connectivity index (χ1v) is 10.7. The van der Waals surface area contributed by atoms with Gasteiger partial charge in [0.15, 0.2) is 0 Å². The average molecular weight is 392 g/mol. The van der Waals surface area contributed by atoms with Crippen molar-refractivity contribution in [2.45, 2.75) is 39.0 Å². The van der Waals surface area contributed by atoms with Crippen LogP contribution in [0.2, 0.25) is 0 Å². The van der Waals surface area contributed by atoms with Crippen LogP contribution in [-0.2, 0) is 16.0 Å². The number of nitrogens with one attached hydrogen (secondary N) is 1. The van der Waals surface area contributed by atoms with Gasteiger partial charge in [0.1, 0.15) is 0 Å². The molecular weight excluding hydrogens is 362 g/mol. The maximum atomic E-state index is 13.2. The minimum atomic E-state index is -0.560. The molecule has 29 heavy (non-hydrogen) atoms.